The molecule has 5 rings (SSSR count). The normalized spacial score (nSPS) is 11.1. The van der Waals surface area contributed by atoms with Crippen LogP contribution in [0.2, 0.25) is 0 Å². The van der Waals surface area contributed by atoms with Gasteiger partial charge in [-0.2, -0.15) is 0 Å². The third-order valence-electron chi connectivity index (χ3n) is 6.20. The molecule has 0 N–H and O–H groups in total. The Balaban J connectivity index is 1.44. The number of aromatic nitrogens is 2. The molecule has 0 saturated carbocycles. The van der Waals surface area contributed by atoms with Crippen molar-refractivity contribution in [3.8, 4) is 0 Å². The van der Waals surface area contributed by atoms with E-state index in [0.29, 0.717) is 5.56 Å². The maximum atomic E-state index is 12.0. The number of nitrogens with zero attached hydrogens (tertiary/aromatic N) is 3. The lowest BCUT2D eigenvalue weighted by molar-refractivity contribution is 0.0601. The number of pyridine rings is 2. The van der Waals surface area contributed by atoms with Crippen molar-refractivity contribution in [1.29, 1.82) is 0 Å². The lowest BCUT2D eigenvalue weighted by Gasteiger charge is -2.26. The van der Waals surface area contributed by atoms with Gasteiger partial charge in [0.15, 0.2) is 0 Å². The smallest absolute Gasteiger partial charge is 0.337 e. The van der Waals surface area contributed by atoms with Gasteiger partial charge in [-0.3, -0.25) is 9.97 Å². The fourth-order valence-corrected chi connectivity index (χ4v) is 4.11. The van der Waals surface area contributed by atoms with E-state index >= 15 is 0 Å². The first-order valence-electron chi connectivity index (χ1n) is 12.5. The first kappa shape index (κ1) is 25.4. The van der Waals surface area contributed by atoms with Crippen LogP contribution in [0, 0.1) is 0 Å². The molecular formula is C34H27N3O2. The van der Waals surface area contributed by atoms with Crippen LogP contribution in [0.3, 0.4) is 0 Å². The van der Waals surface area contributed by atoms with E-state index in [1.54, 1.807) is 36.9 Å². The predicted octanol–water partition coefficient (Wildman–Crippen LogP) is 8.07. The molecule has 0 bridgehead atoms. The molecule has 0 amide bonds. The monoisotopic (exact) mass is 509 g/mol. The highest BCUT2D eigenvalue weighted by Crippen LogP contribution is 2.35. The van der Waals surface area contributed by atoms with Crippen molar-refractivity contribution in [2.75, 3.05) is 12.0 Å². The van der Waals surface area contributed by atoms with Crippen LogP contribution < -0.4 is 4.90 Å². The Morgan fingerprint density at radius 1 is 0.538 bits per heavy atom. The third-order valence-corrected chi connectivity index (χ3v) is 6.20. The molecule has 2 aromatic heterocycles. The van der Waals surface area contributed by atoms with E-state index in [-0.39, 0.29) is 5.97 Å². The summed E-state index contributed by atoms with van der Waals surface area (Å²) in [5.41, 5.74) is 7.82. The van der Waals surface area contributed by atoms with Crippen molar-refractivity contribution in [2.24, 2.45) is 0 Å². The van der Waals surface area contributed by atoms with Crippen molar-refractivity contribution in [3.05, 3.63) is 150 Å². The van der Waals surface area contributed by atoms with Crippen LogP contribution in [-0.4, -0.2) is 23.0 Å². The molecule has 0 aliphatic rings. The summed E-state index contributed by atoms with van der Waals surface area (Å²) in [5, 5.41) is 0. The molecule has 0 radical (unpaired) electrons. The summed E-state index contributed by atoms with van der Waals surface area (Å²) >= 11 is 0. The minimum absolute atomic E-state index is 0.358. The summed E-state index contributed by atoms with van der Waals surface area (Å²) in [4.78, 5) is 22.3. The molecule has 0 aliphatic heterocycles. The lowest BCUT2D eigenvalue weighted by Crippen LogP contribution is -2.10. The average molecular weight is 510 g/mol. The third kappa shape index (κ3) is 6.53. The van der Waals surface area contributed by atoms with Crippen molar-refractivity contribution < 1.29 is 9.53 Å². The number of ether oxygens (including phenoxy) is 1. The van der Waals surface area contributed by atoms with E-state index in [2.05, 4.69) is 87.7 Å². The van der Waals surface area contributed by atoms with Gasteiger partial charge in [0.25, 0.3) is 0 Å². The van der Waals surface area contributed by atoms with Gasteiger partial charge in [0.05, 0.1) is 12.7 Å². The van der Waals surface area contributed by atoms with Gasteiger partial charge in [-0.25, -0.2) is 4.79 Å². The van der Waals surface area contributed by atoms with Crippen LogP contribution in [-0.2, 0) is 4.74 Å². The van der Waals surface area contributed by atoms with Crippen LogP contribution in [0.4, 0.5) is 17.1 Å². The average Bonchev–Trinajstić information content (AvgIpc) is 3.01. The number of methoxy groups -OCH3 is 1. The summed E-state index contributed by atoms with van der Waals surface area (Å²) in [7, 11) is 1.39. The zero-order chi connectivity index (χ0) is 26.9. The van der Waals surface area contributed by atoms with Crippen LogP contribution in [0.5, 0.6) is 0 Å². The van der Waals surface area contributed by atoms with Crippen LogP contribution in [0.15, 0.2) is 122 Å². The molecule has 0 saturated heterocycles. The standard InChI is InChI=1S/C34H27N3O2/c1-39-34(38)30-10-16-33(17-11-30)37(31-12-6-26(7-13-31)2-4-28-18-22-35-23-19-28)32-14-8-27(9-15-32)3-5-29-20-24-36-25-21-29/h2-25H,1H3/b4-2+,5-3+. The molecule has 2 heterocycles. The molecule has 0 fully saturated rings. The second kappa shape index (κ2) is 12.3. The molecule has 5 nitrogen and oxygen atoms in total. The predicted molar refractivity (Wildman–Crippen MR) is 159 cm³/mol. The van der Waals surface area contributed by atoms with Gasteiger partial charge in [0.2, 0.25) is 0 Å². The molecule has 39 heavy (non-hydrogen) atoms. The highest BCUT2D eigenvalue weighted by atomic mass is 16.5. The summed E-state index contributed by atoms with van der Waals surface area (Å²) in [5.74, 6) is -0.358. The first-order chi connectivity index (χ1) is 19.2. The highest BCUT2D eigenvalue weighted by molar-refractivity contribution is 5.90. The zero-order valence-corrected chi connectivity index (χ0v) is 21.5. The van der Waals surface area contributed by atoms with E-state index in [4.69, 9.17) is 4.74 Å². The largest absolute Gasteiger partial charge is 0.465 e. The molecule has 0 unspecified atom stereocenters. The number of rotatable bonds is 8. The van der Waals surface area contributed by atoms with Crippen LogP contribution in [0.25, 0.3) is 24.3 Å². The molecule has 3 aromatic carbocycles. The highest BCUT2D eigenvalue weighted by Gasteiger charge is 2.14. The molecular weight excluding hydrogens is 482 g/mol. The van der Waals surface area contributed by atoms with Crippen molar-refractivity contribution in [1.82, 2.24) is 9.97 Å². The molecule has 190 valence electrons. The number of hydrogen-bond acceptors (Lipinski definition) is 5. The van der Waals surface area contributed by atoms with Gasteiger partial charge in [-0.15, -0.1) is 0 Å². The van der Waals surface area contributed by atoms with Crippen molar-refractivity contribution in [3.63, 3.8) is 0 Å². The number of esters is 1. The fraction of sp³-hybridized carbons (Fsp3) is 0.0294. The molecule has 5 heteroatoms. The Hall–Kier alpha value is -5.29. The van der Waals surface area contributed by atoms with E-state index in [1.165, 1.54) is 7.11 Å². The van der Waals surface area contributed by atoms with Gasteiger partial charge in [0.1, 0.15) is 0 Å². The minimum atomic E-state index is -0.358. The number of anilines is 3. The van der Waals surface area contributed by atoms with Gasteiger partial charge >= 0.3 is 5.97 Å². The lowest BCUT2D eigenvalue weighted by atomic mass is 10.1. The van der Waals surface area contributed by atoms with Gasteiger partial charge in [0, 0.05) is 41.8 Å². The van der Waals surface area contributed by atoms with Gasteiger partial charge in [-0.05, 0) is 95.1 Å². The van der Waals surface area contributed by atoms with Crippen LogP contribution in [0.1, 0.15) is 32.6 Å². The Morgan fingerprint density at radius 3 is 1.23 bits per heavy atom. The Bertz CT molecular complexity index is 1470. The maximum Gasteiger partial charge on any atom is 0.337 e. The number of carbonyl (C=O) groups is 1. The van der Waals surface area contributed by atoms with Gasteiger partial charge < -0.3 is 9.64 Å². The Morgan fingerprint density at radius 2 is 0.872 bits per heavy atom. The quantitative estimate of drug-likeness (QED) is 0.198. The molecule has 0 aliphatic carbocycles. The van der Waals surface area contributed by atoms with Crippen molar-refractivity contribution in [2.45, 2.75) is 0 Å². The van der Waals surface area contributed by atoms with Crippen LogP contribution >= 0.6 is 0 Å². The Kier molecular flexibility index (Phi) is 8.00. The summed E-state index contributed by atoms with van der Waals surface area (Å²) in [6.07, 6.45) is 15.4. The minimum Gasteiger partial charge on any atom is -0.465 e. The van der Waals surface area contributed by atoms with Gasteiger partial charge in [-0.1, -0.05) is 48.6 Å². The molecule has 5 aromatic rings. The number of carbonyl (C=O) groups excluding carboxylic acids is 1. The van der Waals surface area contributed by atoms with Crippen molar-refractivity contribution >= 4 is 47.3 Å². The van der Waals surface area contributed by atoms with E-state index in [0.717, 1.165) is 39.3 Å². The first-order valence-corrected chi connectivity index (χ1v) is 12.5. The fourth-order valence-electron chi connectivity index (χ4n) is 4.11. The zero-order valence-electron chi connectivity index (χ0n) is 21.5. The maximum absolute atomic E-state index is 12.0. The molecule has 0 spiro atoms. The summed E-state index contributed by atoms with van der Waals surface area (Å²) in [6.45, 7) is 0. The number of benzene rings is 3. The Labute approximate surface area is 228 Å². The SMILES string of the molecule is COC(=O)c1ccc(N(c2ccc(/C=C/c3ccncc3)cc2)c2ccc(/C=C/c3ccncc3)cc2)cc1. The summed E-state index contributed by atoms with van der Waals surface area (Å²) < 4.78 is 4.87. The molecule has 0 atom stereocenters. The summed E-state index contributed by atoms with van der Waals surface area (Å²) in [6, 6.07) is 32.1. The van der Waals surface area contributed by atoms with E-state index < -0.39 is 0 Å². The van der Waals surface area contributed by atoms with E-state index in [1.807, 2.05) is 36.4 Å². The van der Waals surface area contributed by atoms with E-state index in [9.17, 15) is 4.79 Å². The second-order valence-corrected chi connectivity index (χ2v) is 8.78. The second-order valence-electron chi connectivity index (χ2n) is 8.78. The number of hydrogen-bond donors (Lipinski definition) is 0. The topological polar surface area (TPSA) is 55.3 Å².